The maximum absolute atomic E-state index is 12.1. The normalized spacial score (nSPS) is 35.2. The van der Waals surface area contributed by atoms with Gasteiger partial charge in [-0.2, -0.15) is 0 Å². The lowest BCUT2D eigenvalue weighted by Crippen LogP contribution is -2.50. The number of aliphatic carboxylic acids is 1. The van der Waals surface area contributed by atoms with Crippen molar-refractivity contribution in [2.24, 2.45) is 5.92 Å². The quantitative estimate of drug-likeness (QED) is 0.692. The Balaban J connectivity index is 1.93. The van der Waals surface area contributed by atoms with Gasteiger partial charge in [-0.1, -0.05) is 19.8 Å². The number of β-amino-alcohol motifs (C(OH)–C–C–N with tert-alkyl or cyclic N) is 1. The summed E-state index contributed by atoms with van der Waals surface area (Å²) in [5, 5.41) is 21.5. The summed E-state index contributed by atoms with van der Waals surface area (Å²) in [4.78, 5) is 24.4. The van der Waals surface area contributed by atoms with E-state index in [2.05, 4.69) is 12.2 Å². The standard InChI is InChI=1S/C13H22N2O4/c1-8-3-2-4-9(5-8)14-13(19)15-7-10(16)6-11(15)12(17)18/h8-11,16H,2-7H2,1H3,(H,14,19)(H,17,18). The highest BCUT2D eigenvalue weighted by atomic mass is 16.4. The molecule has 0 spiro atoms. The molecule has 19 heavy (non-hydrogen) atoms. The average molecular weight is 270 g/mol. The summed E-state index contributed by atoms with van der Waals surface area (Å²) in [5.41, 5.74) is 0. The van der Waals surface area contributed by atoms with Crippen molar-refractivity contribution in [3.8, 4) is 0 Å². The number of amides is 2. The van der Waals surface area contributed by atoms with Crippen molar-refractivity contribution in [2.75, 3.05) is 6.54 Å². The molecule has 1 saturated heterocycles. The predicted octanol–water partition coefficient (Wildman–Crippen LogP) is 0.794. The Kier molecular flexibility index (Phi) is 4.29. The number of nitrogens with zero attached hydrogens (tertiary/aromatic N) is 1. The molecule has 6 nitrogen and oxygen atoms in total. The van der Waals surface area contributed by atoms with Crippen LogP contribution in [0.25, 0.3) is 0 Å². The van der Waals surface area contributed by atoms with Crippen molar-refractivity contribution in [3.05, 3.63) is 0 Å². The number of rotatable bonds is 2. The SMILES string of the molecule is CC1CCCC(NC(=O)N2CC(O)CC2C(=O)O)C1. The van der Waals surface area contributed by atoms with Crippen LogP contribution in [0, 0.1) is 5.92 Å². The van der Waals surface area contributed by atoms with Gasteiger partial charge in [0.05, 0.1) is 6.10 Å². The first-order valence-electron chi connectivity index (χ1n) is 6.95. The molecule has 1 heterocycles. The molecular formula is C13H22N2O4. The number of aliphatic hydroxyl groups is 1. The molecule has 1 saturated carbocycles. The first kappa shape index (κ1) is 14.1. The van der Waals surface area contributed by atoms with Gasteiger partial charge in [0, 0.05) is 19.0 Å². The molecule has 2 amide bonds. The lowest BCUT2D eigenvalue weighted by Gasteiger charge is -2.30. The van der Waals surface area contributed by atoms with Gasteiger partial charge in [0.1, 0.15) is 6.04 Å². The third-order valence-electron chi connectivity index (χ3n) is 4.09. The van der Waals surface area contributed by atoms with Crippen LogP contribution in [-0.2, 0) is 4.79 Å². The predicted molar refractivity (Wildman–Crippen MR) is 68.7 cm³/mol. The van der Waals surface area contributed by atoms with E-state index < -0.39 is 18.1 Å². The van der Waals surface area contributed by atoms with Crippen LogP contribution in [0.2, 0.25) is 0 Å². The van der Waals surface area contributed by atoms with E-state index in [0.717, 1.165) is 19.3 Å². The van der Waals surface area contributed by atoms with Gasteiger partial charge in [-0.05, 0) is 18.8 Å². The fraction of sp³-hybridized carbons (Fsp3) is 0.846. The molecule has 2 rings (SSSR count). The van der Waals surface area contributed by atoms with E-state index in [0.29, 0.717) is 5.92 Å². The van der Waals surface area contributed by atoms with Crippen molar-refractivity contribution < 1.29 is 19.8 Å². The molecule has 4 atom stereocenters. The van der Waals surface area contributed by atoms with Crippen LogP contribution in [-0.4, -0.2) is 51.8 Å². The largest absolute Gasteiger partial charge is 0.480 e. The van der Waals surface area contributed by atoms with Crippen molar-refractivity contribution in [1.82, 2.24) is 10.2 Å². The van der Waals surface area contributed by atoms with Gasteiger partial charge in [0.25, 0.3) is 0 Å². The van der Waals surface area contributed by atoms with Gasteiger partial charge in [-0.25, -0.2) is 9.59 Å². The topological polar surface area (TPSA) is 89.9 Å². The second-order valence-corrected chi connectivity index (χ2v) is 5.81. The minimum absolute atomic E-state index is 0.102. The monoisotopic (exact) mass is 270 g/mol. The molecule has 0 radical (unpaired) electrons. The van der Waals surface area contributed by atoms with Crippen LogP contribution in [0.15, 0.2) is 0 Å². The van der Waals surface area contributed by atoms with Crippen molar-refractivity contribution in [2.45, 2.75) is 57.2 Å². The van der Waals surface area contributed by atoms with Crippen LogP contribution in [0.5, 0.6) is 0 Å². The summed E-state index contributed by atoms with van der Waals surface area (Å²) in [5.74, 6) is -0.456. The third-order valence-corrected chi connectivity index (χ3v) is 4.09. The van der Waals surface area contributed by atoms with Crippen LogP contribution >= 0.6 is 0 Å². The summed E-state index contributed by atoms with van der Waals surface area (Å²) in [6.45, 7) is 2.27. The minimum Gasteiger partial charge on any atom is -0.480 e. The van der Waals surface area contributed by atoms with Gasteiger partial charge in [-0.3, -0.25) is 0 Å². The number of hydrogen-bond donors (Lipinski definition) is 3. The van der Waals surface area contributed by atoms with E-state index in [4.69, 9.17) is 5.11 Å². The molecular weight excluding hydrogens is 248 g/mol. The molecule has 1 aliphatic heterocycles. The molecule has 6 heteroatoms. The van der Waals surface area contributed by atoms with Crippen LogP contribution in [0.4, 0.5) is 4.79 Å². The summed E-state index contributed by atoms with van der Waals surface area (Å²) in [6.07, 6.45) is 3.55. The Bertz CT molecular complexity index is 361. The van der Waals surface area contributed by atoms with Crippen LogP contribution in [0.1, 0.15) is 39.0 Å². The second-order valence-electron chi connectivity index (χ2n) is 5.81. The minimum atomic E-state index is -1.05. The molecule has 1 aliphatic carbocycles. The Morgan fingerprint density at radius 2 is 2.00 bits per heavy atom. The highest BCUT2D eigenvalue weighted by Crippen LogP contribution is 2.24. The van der Waals surface area contributed by atoms with Crippen LogP contribution in [0.3, 0.4) is 0 Å². The molecule has 4 unspecified atom stereocenters. The second kappa shape index (κ2) is 5.77. The van der Waals surface area contributed by atoms with E-state index >= 15 is 0 Å². The lowest BCUT2D eigenvalue weighted by molar-refractivity contribution is -0.141. The van der Waals surface area contributed by atoms with Gasteiger partial charge < -0.3 is 20.4 Å². The van der Waals surface area contributed by atoms with Crippen molar-refractivity contribution in [1.29, 1.82) is 0 Å². The molecule has 0 aromatic carbocycles. The summed E-state index contributed by atoms with van der Waals surface area (Å²) >= 11 is 0. The first-order chi connectivity index (χ1) is 8.97. The van der Waals surface area contributed by atoms with E-state index in [1.54, 1.807) is 0 Å². The first-order valence-corrected chi connectivity index (χ1v) is 6.95. The number of aliphatic hydroxyl groups excluding tert-OH is 1. The number of carbonyl (C=O) groups is 2. The maximum Gasteiger partial charge on any atom is 0.326 e. The van der Waals surface area contributed by atoms with E-state index in [9.17, 15) is 14.7 Å². The lowest BCUT2D eigenvalue weighted by atomic mass is 9.87. The smallest absolute Gasteiger partial charge is 0.326 e. The Labute approximate surface area is 112 Å². The van der Waals surface area contributed by atoms with Gasteiger partial charge in [-0.15, -0.1) is 0 Å². The third kappa shape index (κ3) is 3.37. The van der Waals surface area contributed by atoms with Crippen molar-refractivity contribution >= 4 is 12.0 Å². The Morgan fingerprint density at radius 3 is 2.63 bits per heavy atom. The fourth-order valence-corrected chi connectivity index (χ4v) is 3.10. The molecule has 3 N–H and O–H groups in total. The number of nitrogens with one attached hydrogen (secondary N) is 1. The highest BCUT2D eigenvalue weighted by molar-refractivity contribution is 5.83. The Morgan fingerprint density at radius 1 is 1.26 bits per heavy atom. The summed E-state index contributed by atoms with van der Waals surface area (Å²) < 4.78 is 0. The van der Waals surface area contributed by atoms with Gasteiger partial charge in [0.15, 0.2) is 0 Å². The van der Waals surface area contributed by atoms with E-state index in [1.165, 1.54) is 11.3 Å². The average Bonchev–Trinajstić information content (AvgIpc) is 2.71. The maximum atomic E-state index is 12.1. The van der Waals surface area contributed by atoms with Gasteiger partial charge in [0.2, 0.25) is 0 Å². The van der Waals surface area contributed by atoms with Crippen LogP contribution < -0.4 is 5.32 Å². The zero-order chi connectivity index (χ0) is 14.0. The Hall–Kier alpha value is -1.30. The van der Waals surface area contributed by atoms with E-state index in [-0.39, 0.29) is 25.0 Å². The molecule has 2 aliphatic rings. The number of carboxylic acids is 1. The van der Waals surface area contributed by atoms with E-state index in [1.807, 2.05) is 0 Å². The number of carboxylic acid groups (broad SMARTS) is 1. The number of urea groups is 1. The summed E-state index contributed by atoms with van der Waals surface area (Å²) in [6, 6.07) is -1.14. The summed E-state index contributed by atoms with van der Waals surface area (Å²) in [7, 11) is 0. The fourth-order valence-electron chi connectivity index (χ4n) is 3.10. The van der Waals surface area contributed by atoms with Crippen molar-refractivity contribution in [3.63, 3.8) is 0 Å². The zero-order valence-corrected chi connectivity index (χ0v) is 11.2. The number of hydrogen-bond acceptors (Lipinski definition) is 3. The number of likely N-dealkylation sites (tertiary alicyclic amines) is 1. The zero-order valence-electron chi connectivity index (χ0n) is 11.2. The van der Waals surface area contributed by atoms with Gasteiger partial charge >= 0.3 is 12.0 Å². The molecule has 0 bridgehead atoms. The highest BCUT2D eigenvalue weighted by Gasteiger charge is 2.39. The molecule has 2 fully saturated rings. The molecule has 108 valence electrons. The molecule has 0 aromatic heterocycles. The number of carbonyl (C=O) groups excluding carboxylic acids is 1. The molecule has 0 aromatic rings.